The van der Waals surface area contributed by atoms with Crippen LogP contribution in [0.2, 0.25) is 0 Å². The highest BCUT2D eigenvalue weighted by Crippen LogP contribution is 2.37. The number of thiophene rings is 1. The number of aromatic nitrogens is 3. The highest BCUT2D eigenvalue weighted by atomic mass is 32.2. The lowest BCUT2D eigenvalue weighted by Crippen LogP contribution is -2.25. The van der Waals surface area contributed by atoms with Gasteiger partial charge in [-0.3, -0.25) is 4.79 Å². The van der Waals surface area contributed by atoms with Crippen LogP contribution in [0.5, 0.6) is 0 Å². The van der Waals surface area contributed by atoms with Crippen LogP contribution < -0.4 is 5.32 Å². The van der Waals surface area contributed by atoms with Crippen molar-refractivity contribution in [1.82, 2.24) is 20.1 Å². The summed E-state index contributed by atoms with van der Waals surface area (Å²) in [6.07, 6.45) is 10.0. The summed E-state index contributed by atoms with van der Waals surface area (Å²) in [5.74, 6) is 4.26. The molecule has 0 saturated heterocycles. The molecule has 2 heterocycles. The molecule has 5 nitrogen and oxygen atoms in total. The van der Waals surface area contributed by atoms with Crippen LogP contribution in [-0.2, 0) is 24.7 Å². The smallest absolute Gasteiger partial charge is 0.231 e. The van der Waals surface area contributed by atoms with E-state index < -0.39 is 0 Å². The maximum Gasteiger partial charge on any atom is 0.231 e. The number of carbonyl (C=O) groups excluding carboxylic acids is 1. The van der Waals surface area contributed by atoms with Gasteiger partial charge in [0.05, 0.1) is 17.2 Å². The van der Waals surface area contributed by atoms with Crippen molar-refractivity contribution >= 4 is 29.0 Å². The molecule has 2 aromatic rings. The topological polar surface area (TPSA) is 59.8 Å². The third-order valence-electron chi connectivity index (χ3n) is 4.54. The SMILES string of the molecule is C#CCNC(=O)CSc1nnc(-c2cc3c(s2)CCC(CC)C3)n1C. The number of hydrogen-bond donors (Lipinski definition) is 1. The number of nitrogens with zero attached hydrogens (tertiary/aromatic N) is 3. The molecule has 0 aliphatic heterocycles. The lowest BCUT2D eigenvalue weighted by molar-refractivity contribution is -0.118. The van der Waals surface area contributed by atoms with E-state index in [0.717, 1.165) is 16.9 Å². The molecular weight excluding hydrogens is 352 g/mol. The summed E-state index contributed by atoms with van der Waals surface area (Å²) >= 11 is 3.20. The number of nitrogens with one attached hydrogen (secondary N) is 1. The minimum absolute atomic E-state index is 0.0929. The molecule has 1 N–H and O–H groups in total. The number of hydrogen-bond acceptors (Lipinski definition) is 5. The number of terminal acetylenes is 1. The van der Waals surface area contributed by atoms with E-state index in [4.69, 9.17) is 6.42 Å². The number of amides is 1. The van der Waals surface area contributed by atoms with Gasteiger partial charge in [-0.25, -0.2) is 0 Å². The van der Waals surface area contributed by atoms with Crippen LogP contribution in [0.3, 0.4) is 0 Å². The molecule has 1 aliphatic carbocycles. The fourth-order valence-electron chi connectivity index (χ4n) is 3.04. The fraction of sp³-hybridized carbons (Fsp3) is 0.500. The van der Waals surface area contributed by atoms with Crippen LogP contribution in [0.1, 0.15) is 30.2 Å². The zero-order chi connectivity index (χ0) is 17.8. The number of fused-ring (bicyclic) bond motifs is 1. The van der Waals surface area contributed by atoms with Gasteiger partial charge in [-0.15, -0.1) is 28.0 Å². The minimum Gasteiger partial charge on any atom is -0.344 e. The van der Waals surface area contributed by atoms with Gasteiger partial charge in [0.25, 0.3) is 0 Å². The predicted octanol–water partition coefficient (Wildman–Crippen LogP) is 2.90. The van der Waals surface area contributed by atoms with Gasteiger partial charge in [0.1, 0.15) is 0 Å². The van der Waals surface area contributed by atoms with E-state index >= 15 is 0 Å². The van der Waals surface area contributed by atoms with Crippen LogP contribution in [-0.4, -0.2) is 33.0 Å². The van der Waals surface area contributed by atoms with Gasteiger partial charge in [-0.05, 0) is 36.8 Å². The lowest BCUT2D eigenvalue weighted by atomic mass is 9.87. The molecule has 1 unspecified atom stereocenters. The molecule has 0 aromatic carbocycles. The first-order valence-electron chi connectivity index (χ1n) is 8.46. The Morgan fingerprint density at radius 3 is 3.16 bits per heavy atom. The van der Waals surface area contributed by atoms with Crippen molar-refractivity contribution in [2.75, 3.05) is 12.3 Å². The summed E-state index contributed by atoms with van der Waals surface area (Å²) in [5.41, 5.74) is 1.48. The summed E-state index contributed by atoms with van der Waals surface area (Å²) < 4.78 is 1.97. The Bertz CT molecular complexity index is 803. The van der Waals surface area contributed by atoms with Gasteiger partial charge in [0, 0.05) is 11.9 Å². The number of thioether (sulfide) groups is 1. The number of carbonyl (C=O) groups is 1. The van der Waals surface area contributed by atoms with Gasteiger partial charge in [-0.1, -0.05) is 31.0 Å². The number of aryl methyl sites for hydroxylation is 1. The normalized spacial score (nSPS) is 16.3. The van der Waals surface area contributed by atoms with Crippen molar-refractivity contribution in [3.63, 3.8) is 0 Å². The molecule has 1 aliphatic rings. The van der Waals surface area contributed by atoms with Crippen molar-refractivity contribution in [2.24, 2.45) is 13.0 Å². The van der Waals surface area contributed by atoms with Gasteiger partial charge in [-0.2, -0.15) is 0 Å². The summed E-state index contributed by atoms with van der Waals surface area (Å²) in [5, 5.41) is 12.0. The van der Waals surface area contributed by atoms with E-state index in [1.54, 1.807) is 0 Å². The first-order valence-corrected chi connectivity index (χ1v) is 10.3. The van der Waals surface area contributed by atoms with E-state index in [0.29, 0.717) is 0 Å². The third kappa shape index (κ3) is 4.07. The molecule has 0 fully saturated rings. The van der Waals surface area contributed by atoms with Crippen molar-refractivity contribution in [1.29, 1.82) is 0 Å². The Morgan fingerprint density at radius 1 is 1.56 bits per heavy atom. The fourth-order valence-corrected chi connectivity index (χ4v) is 5.01. The molecule has 2 aromatic heterocycles. The average molecular weight is 375 g/mol. The van der Waals surface area contributed by atoms with Crippen LogP contribution >= 0.6 is 23.1 Å². The molecule has 0 spiro atoms. The van der Waals surface area contributed by atoms with E-state index in [2.05, 4.69) is 34.4 Å². The van der Waals surface area contributed by atoms with E-state index in [9.17, 15) is 4.79 Å². The van der Waals surface area contributed by atoms with Crippen LogP contribution in [0.4, 0.5) is 0 Å². The van der Waals surface area contributed by atoms with E-state index in [-0.39, 0.29) is 18.2 Å². The highest BCUT2D eigenvalue weighted by molar-refractivity contribution is 7.99. The first kappa shape index (κ1) is 18.0. The maximum absolute atomic E-state index is 11.7. The third-order valence-corrected chi connectivity index (χ3v) is 6.79. The van der Waals surface area contributed by atoms with Gasteiger partial charge < -0.3 is 9.88 Å². The standard InChI is InChI=1S/C18H22N4OS2/c1-4-8-19-16(23)11-24-18-21-20-17(22(18)3)15-10-13-9-12(5-2)6-7-14(13)25-15/h1,10,12H,5-9,11H2,2-3H3,(H,19,23). The zero-order valence-corrected chi connectivity index (χ0v) is 16.2. The van der Waals surface area contributed by atoms with Gasteiger partial charge in [0.15, 0.2) is 11.0 Å². The quantitative estimate of drug-likeness (QED) is 0.624. The van der Waals surface area contributed by atoms with Crippen molar-refractivity contribution in [2.45, 2.75) is 37.8 Å². The highest BCUT2D eigenvalue weighted by Gasteiger charge is 2.22. The number of rotatable bonds is 6. The minimum atomic E-state index is -0.0929. The Kier molecular flexibility index (Phi) is 5.82. The van der Waals surface area contributed by atoms with E-state index in [1.165, 1.54) is 52.8 Å². The van der Waals surface area contributed by atoms with Crippen molar-refractivity contribution < 1.29 is 4.79 Å². The average Bonchev–Trinajstić information content (AvgIpc) is 3.20. The summed E-state index contributed by atoms with van der Waals surface area (Å²) in [6.45, 7) is 2.53. The maximum atomic E-state index is 11.7. The second-order valence-electron chi connectivity index (χ2n) is 6.21. The molecule has 3 rings (SSSR count). The Morgan fingerprint density at radius 2 is 2.40 bits per heavy atom. The Labute approximate surface area is 156 Å². The second-order valence-corrected chi connectivity index (χ2v) is 8.29. The summed E-state index contributed by atoms with van der Waals surface area (Å²) in [7, 11) is 1.95. The van der Waals surface area contributed by atoms with Crippen LogP contribution in [0.25, 0.3) is 10.7 Å². The van der Waals surface area contributed by atoms with Gasteiger partial charge >= 0.3 is 0 Å². The first-order chi connectivity index (χ1) is 12.1. The molecule has 0 saturated carbocycles. The zero-order valence-electron chi connectivity index (χ0n) is 14.5. The van der Waals surface area contributed by atoms with E-state index in [1.807, 2.05) is 23.0 Å². The van der Waals surface area contributed by atoms with Crippen LogP contribution in [0.15, 0.2) is 11.2 Å². The molecule has 0 bridgehead atoms. The Balaban J connectivity index is 1.70. The molecule has 132 valence electrons. The van der Waals surface area contributed by atoms with Crippen molar-refractivity contribution in [3.8, 4) is 23.0 Å². The predicted molar refractivity (Wildman–Crippen MR) is 103 cm³/mol. The summed E-state index contributed by atoms with van der Waals surface area (Å²) in [6, 6.07) is 2.28. The molecule has 1 amide bonds. The molecule has 7 heteroatoms. The monoisotopic (exact) mass is 374 g/mol. The molecule has 1 atom stereocenters. The Hall–Kier alpha value is -1.78. The summed E-state index contributed by atoms with van der Waals surface area (Å²) in [4.78, 5) is 14.3. The molecule has 25 heavy (non-hydrogen) atoms. The largest absolute Gasteiger partial charge is 0.344 e. The van der Waals surface area contributed by atoms with Gasteiger partial charge in [0.2, 0.25) is 5.91 Å². The lowest BCUT2D eigenvalue weighted by Gasteiger charge is -2.19. The van der Waals surface area contributed by atoms with Crippen molar-refractivity contribution in [3.05, 3.63) is 16.5 Å². The molecular formula is C18H22N4OS2. The molecule has 0 radical (unpaired) electrons. The second kappa shape index (κ2) is 8.07. The van der Waals surface area contributed by atoms with Crippen LogP contribution in [0, 0.1) is 18.3 Å².